The minimum absolute atomic E-state index is 0.623. The van der Waals surface area contributed by atoms with Gasteiger partial charge in [-0.3, -0.25) is 0 Å². The van der Waals surface area contributed by atoms with E-state index in [2.05, 4.69) is 84.9 Å². The lowest BCUT2D eigenvalue weighted by atomic mass is 10.0. The number of hydrogen-bond donors (Lipinski definition) is 0. The molecule has 0 radical (unpaired) electrons. The molecule has 0 bridgehead atoms. The third kappa shape index (κ3) is 4.83. The van der Waals surface area contributed by atoms with Gasteiger partial charge in [-0.25, -0.2) is 15.0 Å². The smallest absolute Gasteiger partial charge is 0.164 e. The monoisotopic (exact) mass is 641 g/mol. The second-order valence-electron chi connectivity index (χ2n) is 12.4. The predicted octanol–water partition coefficient (Wildman–Crippen LogP) is 12.0. The van der Waals surface area contributed by atoms with Gasteiger partial charge >= 0.3 is 0 Å². The fourth-order valence-electron chi connectivity index (χ4n) is 6.79. The van der Waals surface area contributed by atoms with Gasteiger partial charge < -0.3 is 8.83 Å². The number of nitrogens with zero attached hydrogens (tertiary/aromatic N) is 3. The Hall–Kier alpha value is -6.85. The lowest BCUT2D eigenvalue weighted by Gasteiger charge is -2.10. The first-order chi connectivity index (χ1) is 24.7. The van der Waals surface area contributed by atoms with Crippen LogP contribution < -0.4 is 0 Å². The van der Waals surface area contributed by atoms with Gasteiger partial charge in [-0.1, -0.05) is 127 Å². The van der Waals surface area contributed by atoms with E-state index in [0.717, 1.165) is 82.8 Å². The number of para-hydroxylation sites is 2. The minimum atomic E-state index is 0.623. The molecule has 7 aromatic carbocycles. The quantitative estimate of drug-likeness (QED) is 0.187. The molecular formula is C45H27N3O2. The Morgan fingerprint density at radius 1 is 0.260 bits per heavy atom. The van der Waals surface area contributed by atoms with E-state index in [-0.39, 0.29) is 0 Å². The standard InChI is InChI=1S/C45H27N3O2/c1-2-8-30(9-3-1)43-46-44(31-18-14-28(15-19-31)33-22-24-41-37(26-33)35-10-4-6-12-39(35)49-41)48-45(47-43)32-20-16-29(17-21-32)34-23-25-42-38(27-34)36-11-5-7-13-40(36)50-42/h1-27H. The van der Waals surface area contributed by atoms with Crippen molar-refractivity contribution < 1.29 is 8.83 Å². The molecular weight excluding hydrogens is 615 g/mol. The second kappa shape index (κ2) is 11.4. The molecule has 234 valence electrons. The molecule has 0 saturated heterocycles. The number of furan rings is 2. The summed E-state index contributed by atoms with van der Waals surface area (Å²) >= 11 is 0. The molecule has 0 spiro atoms. The highest BCUT2D eigenvalue weighted by Crippen LogP contribution is 2.35. The molecule has 3 aromatic heterocycles. The van der Waals surface area contributed by atoms with Crippen molar-refractivity contribution in [3.63, 3.8) is 0 Å². The third-order valence-electron chi connectivity index (χ3n) is 9.37. The Bertz CT molecular complexity index is 2680. The van der Waals surface area contributed by atoms with Crippen LogP contribution >= 0.6 is 0 Å². The van der Waals surface area contributed by atoms with Crippen molar-refractivity contribution in [2.24, 2.45) is 0 Å². The van der Waals surface area contributed by atoms with Gasteiger partial charge in [0.1, 0.15) is 22.3 Å². The lowest BCUT2D eigenvalue weighted by molar-refractivity contribution is 0.668. The van der Waals surface area contributed by atoms with Gasteiger partial charge in [-0.05, 0) is 58.7 Å². The molecule has 0 saturated carbocycles. The van der Waals surface area contributed by atoms with Crippen molar-refractivity contribution in [2.75, 3.05) is 0 Å². The fourth-order valence-corrected chi connectivity index (χ4v) is 6.79. The molecule has 0 atom stereocenters. The first-order valence-corrected chi connectivity index (χ1v) is 16.6. The topological polar surface area (TPSA) is 65.0 Å². The van der Waals surface area contributed by atoms with Crippen molar-refractivity contribution in [3.8, 4) is 56.4 Å². The Morgan fingerprint density at radius 2 is 0.600 bits per heavy atom. The maximum absolute atomic E-state index is 6.05. The van der Waals surface area contributed by atoms with Crippen LogP contribution in [-0.2, 0) is 0 Å². The summed E-state index contributed by atoms with van der Waals surface area (Å²) in [7, 11) is 0. The summed E-state index contributed by atoms with van der Waals surface area (Å²) in [6, 6.07) is 55.9. The number of fused-ring (bicyclic) bond motifs is 6. The summed E-state index contributed by atoms with van der Waals surface area (Å²) in [4.78, 5) is 14.9. The number of rotatable bonds is 5. The average molecular weight is 642 g/mol. The molecule has 0 aliphatic rings. The zero-order chi connectivity index (χ0) is 33.0. The normalized spacial score (nSPS) is 11.6. The van der Waals surface area contributed by atoms with Gasteiger partial charge in [0.15, 0.2) is 17.5 Å². The number of benzene rings is 7. The van der Waals surface area contributed by atoms with E-state index < -0.39 is 0 Å². The van der Waals surface area contributed by atoms with Crippen molar-refractivity contribution in [2.45, 2.75) is 0 Å². The summed E-state index contributed by atoms with van der Waals surface area (Å²) in [5.74, 6) is 1.88. The first kappa shape index (κ1) is 28.2. The largest absolute Gasteiger partial charge is 0.456 e. The molecule has 3 heterocycles. The van der Waals surface area contributed by atoms with E-state index in [1.165, 1.54) is 0 Å². The minimum Gasteiger partial charge on any atom is -0.456 e. The maximum Gasteiger partial charge on any atom is 0.164 e. The molecule has 0 aliphatic carbocycles. The Balaban J connectivity index is 1.01. The van der Waals surface area contributed by atoms with E-state index in [9.17, 15) is 0 Å². The molecule has 10 aromatic rings. The summed E-state index contributed by atoms with van der Waals surface area (Å²) < 4.78 is 12.1. The summed E-state index contributed by atoms with van der Waals surface area (Å²) in [5, 5.41) is 4.46. The summed E-state index contributed by atoms with van der Waals surface area (Å²) in [6.45, 7) is 0. The van der Waals surface area contributed by atoms with Gasteiger partial charge in [0.25, 0.3) is 0 Å². The van der Waals surface area contributed by atoms with E-state index in [1.54, 1.807) is 0 Å². The highest BCUT2D eigenvalue weighted by molar-refractivity contribution is 6.07. The van der Waals surface area contributed by atoms with Crippen LogP contribution in [0.25, 0.3) is 100 Å². The fraction of sp³-hybridized carbons (Fsp3) is 0. The Kier molecular flexibility index (Phi) is 6.42. The number of hydrogen-bond acceptors (Lipinski definition) is 5. The van der Waals surface area contributed by atoms with Crippen LogP contribution in [0, 0.1) is 0 Å². The molecule has 10 rings (SSSR count). The van der Waals surface area contributed by atoms with E-state index in [1.807, 2.05) is 78.9 Å². The molecule has 5 nitrogen and oxygen atoms in total. The molecule has 0 aliphatic heterocycles. The molecule has 0 fully saturated rings. The van der Waals surface area contributed by atoms with Crippen LogP contribution in [0.15, 0.2) is 173 Å². The zero-order valence-electron chi connectivity index (χ0n) is 26.7. The van der Waals surface area contributed by atoms with E-state index in [4.69, 9.17) is 23.8 Å². The first-order valence-electron chi connectivity index (χ1n) is 16.6. The highest BCUT2D eigenvalue weighted by Gasteiger charge is 2.14. The van der Waals surface area contributed by atoms with Gasteiger partial charge in [0.05, 0.1) is 0 Å². The van der Waals surface area contributed by atoms with Gasteiger partial charge in [-0.15, -0.1) is 0 Å². The molecule has 0 amide bonds. The van der Waals surface area contributed by atoms with Crippen LogP contribution in [0.4, 0.5) is 0 Å². The summed E-state index contributed by atoms with van der Waals surface area (Å²) in [6.07, 6.45) is 0. The van der Waals surface area contributed by atoms with Crippen LogP contribution in [0.2, 0.25) is 0 Å². The Morgan fingerprint density at radius 3 is 1.06 bits per heavy atom. The van der Waals surface area contributed by atoms with Crippen molar-refractivity contribution in [1.82, 2.24) is 15.0 Å². The van der Waals surface area contributed by atoms with E-state index >= 15 is 0 Å². The maximum atomic E-state index is 6.05. The van der Waals surface area contributed by atoms with E-state index in [0.29, 0.717) is 17.5 Å². The molecule has 5 heteroatoms. The Labute approximate surface area is 287 Å². The third-order valence-corrected chi connectivity index (χ3v) is 9.37. The van der Waals surface area contributed by atoms with Crippen LogP contribution in [0.5, 0.6) is 0 Å². The SMILES string of the molecule is c1ccc(-c2nc(-c3ccc(-c4ccc5oc6ccccc6c5c4)cc3)nc(-c3ccc(-c4ccc5oc6ccccc6c5c4)cc3)n2)cc1. The summed E-state index contributed by atoms with van der Waals surface area (Å²) in [5.41, 5.74) is 10.8. The van der Waals surface area contributed by atoms with Gasteiger partial charge in [-0.2, -0.15) is 0 Å². The van der Waals surface area contributed by atoms with Crippen molar-refractivity contribution in [1.29, 1.82) is 0 Å². The molecule has 0 N–H and O–H groups in total. The van der Waals surface area contributed by atoms with Crippen molar-refractivity contribution in [3.05, 3.63) is 164 Å². The van der Waals surface area contributed by atoms with Crippen LogP contribution in [0.1, 0.15) is 0 Å². The zero-order valence-corrected chi connectivity index (χ0v) is 26.7. The van der Waals surface area contributed by atoms with Gasteiger partial charge in [0, 0.05) is 38.2 Å². The van der Waals surface area contributed by atoms with Crippen LogP contribution in [-0.4, -0.2) is 15.0 Å². The van der Waals surface area contributed by atoms with Crippen LogP contribution in [0.3, 0.4) is 0 Å². The second-order valence-corrected chi connectivity index (χ2v) is 12.4. The molecule has 0 unspecified atom stereocenters. The average Bonchev–Trinajstić information content (AvgIpc) is 3.76. The molecule has 50 heavy (non-hydrogen) atoms. The highest BCUT2D eigenvalue weighted by atomic mass is 16.3. The number of aromatic nitrogens is 3. The predicted molar refractivity (Wildman–Crippen MR) is 202 cm³/mol. The van der Waals surface area contributed by atoms with Crippen molar-refractivity contribution >= 4 is 43.9 Å². The lowest BCUT2D eigenvalue weighted by Crippen LogP contribution is -2.00. The van der Waals surface area contributed by atoms with Gasteiger partial charge in [0.2, 0.25) is 0 Å².